The Kier molecular flexibility index (Phi) is 6.35. The second-order valence-corrected chi connectivity index (χ2v) is 6.46. The third kappa shape index (κ3) is 4.72. The summed E-state index contributed by atoms with van der Waals surface area (Å²) in [4.78, 5) is 16.4. The van der Waals surface area contributed by atoms with Crippen molar-refractivity contribution in [2.45, 2.75) is 6.54 Å². The van der Waals surface area contributed by atoms with Crippen molar-refractivity contribution in [3.8, 4) is 6.07 Å². The normalized spacial score (nSPS) is 15.2. The lowest BCUT2D eigenvalue weighted by Gasteiger charge is -2.34. The van der Waals surface area contributed by atoms with Crippen LogP contribution in [0.5, 0.6) is 0 Å². The molecule has 5 nitrogen and oxygen atoms in total. The number of nitriles is 1. The monoisotopic (exact) mass is 382 g/mol. The van der Waals surface area contributed by atoms with Crippen molar-refractivity contribution in [3.63, 3.8) is 0 Å². The first-order valence-corrected chi connectivity index (χ1v) is 8.95. The molecular weight excluding hydrogens is 362 g/mol. The molecule has 0 aromatic heterocycles. The van der Waals surface area contributed by atoms with Crippen molar-refractivity contribution in [1.82, 2.24) is 9.80 Å². The molecule has 2 aromatic rings. The standard InChI is InChI=1S/C21H20F2N4O/c22-18-7-4-8-19(23)20(18)25-14-17(13-24)21(28)27-11-9-26(10-12-27)15-16-5-2-1-3-6-16/h1-8,14,25H,9-12,15H2/b17-14-. The Balaban J connectivity index is 1.59. The SMILES string of the molecule is N#C/C(=C/Nc1c(F)cccc1F)C(=O)N1CCN(Cc2ccccc2)CC1. The van der Waals surface area contributed by atoms with Crippen LogP contribution in [0.1, 0.15) is 5.56 Å². The fourth-order valence-electron chi connectivity index (χ4n) is 3.04. The summed E-state index contributed by atoms with van der Waals surface area (Å²) in [7, 11) is 0. The molecule has 2 aromatic carbocycles. The number of nitrogens with one attached hydrogen (secondary N) is 1. The molecular formula is C21H20F2N4O. The highest BCUT2D eigenvalue weighted by molar-refractivity contribution is 5.97. The Hall–Kier alpha value is -3.24. The first kappa shape index (κ1) is 19.5. The van der Waals surface area contributed by atoms with Crippen LogP contribution in [0.2, 0.25) is 0 Å². The molecule has 1 aliphatic heterocycles. The van der Waals surface area contributed by atoms with Crippen LogP contribution < -0.4 is 5.32 Å². The van der Waals surface area contributed by atoms with Crippen LogP contribution in [-0.2, 0) is 11.3 Å². The fourth-order valence-corrected chi connectivity index (χ4v) is 3.04. The summed E-state index contributed by atoms with van der Waals surface area (Å²) in [6, 6.07) is 15.3. The molecule has 0 spiro atoms. The van der Waals surface area contributed by atoms with Crippen LogP contribution in [0.3, 0.4) is 0 Å². The van der Waals surface area contributed by atoms with E-state index in [0.717, 1.165) is 24.9 Å². The van der Waals surface area contributed by atoms with E-state index in [2.05, 4.69) is 22.3 Å². The van der Waals surface area contributed by atoms with Crippen molar-refractivity contribution in [2.75, 3.05) is 31.5 Å². The molecule has 1 aliphatic rings. The zero-order valence-corrected chi connectivity index (χ0v) is 15.2. The molecule has 1 amide bonds. The molecule has 1 fully saturated rings. The maximum atomic E-state index is 13.7. The lowest BCUT2D eigenvalue weighted by Crippen LogP contribution is -2.48. The molecule has 1 heterocycles. The Morgan fingerprint density at radius 2 is 1.68 bits per heavy atom. The Morgan fingerprint density at radius 1 is 1.04 bits per heavy atom. The average molecular weight is 382 g/mol. The van der Waals surface area contributed by atoms with Crippen LogP contribution in [-0.4, -0.2) is 41.9 Å². The number of halogens is 2. The van der Waals surface area contributed by atoms with Gasteiger partial charge in [0.1, 0.15) is 29.0 Å². The number of anilines is 1. The summed E-state index contributed by atoms with van der Waals surface area (Å²) in [5, 5.41) is 11.7. The van der Waals surface area contributed by atoms with Crippen LogP contribution in [0.15, 0.2) is 60.3 Å². The molecule has 0 saturated carbocycles. The van der Waals surface area contributed by atoms with Gasteiger partial charge in [-0.1, -0.05) is 36.4 Å². The predicted octanol–water partition coefficient (Wildman–Crippen LogP) is 3.13. The molecule has 0 atom stereocenters. The number of carbonyl (C=O) groups excluding carboxylic acids is 1. The van der Waals surface area contributed by atoms with Crippen LogP contribution in [0.4, 0.5) is 14.5 Å². The van der Waals surface area contributed by atoms with Gasteiger partial charge in [-0.25, -0.2) is 8.78 Å². The van der Waals surface area contributed by atoms with E-state index in [1.807, 2.05) is 24.3 Å². The largest absolute Gasteiger partial charge is 0.355 e. The quantitative estimate of drug-likeness (QED) is 0.638. The zero-order chi connectivity index (χ0) is 19.9. The van der Waals surface area contributed by atoms with Crippen LogP contribution in [0, 0.1) is 23.0 Å². The van der Waals surface area contributed by atoms with Crippen molar-refractivity contribution >= 4 is 11.6 Å². The van der Waals surface area contributed by atoms with E-state index in [1.165, 1.54) is 11.6 Å². The highest BCUT2D eigenvalue weighted by Crippen LogP contribution is 2.18. The summed E-state index contributed by atoms with van der Waals surface area (Å²) in [5.74, 6) is -2.04. The second-order valence-electron chi connectivity index (χ2n) is 6.46. The smallest absolute Gasteiger partial charge is 0.266 e. The number of carbonyl (C=O) groups is 1. The number of rotatable bonds is 5. The fraction of sp³-hybridized carbons (Fsp3) is 0.238. The van der Waals surface area contributed by atoms with Crippen LogP contribution in [0.25, 0.3) is 0 Å². The van der Waals surface area contributed by atoms with E-state index in [0.29, 0.717) is 26.2 Å². The average Bonchev–Trinajstić information content (AvgIpc) is 2.71. The minimum absolute atomic E-state index is 0.195. The highest BCUT2D eigenvalue weighted by atomic mass is 19.1. The molecule has 28 heavy (non-hydrogen) atoms. The summed E-state index contributed by atoms with van der Waals surface area (Å²) in [5.41, 5.74) is 0.617. The van der Waals surface area contributed by atoms with Gasteiger partial charge in [0.25, 0.3) is 5.91 Å². The molecule has 144 valence electrons. The molecule has 0 radical (unpaired) electrons. The van der Waals surface area contributed by atoms with Gasteiger partial charge in [-0.2, -0.15) is 5.26 Å². The molecule has 1 N–H and O–H groups in total. The van der Waals surface area contributed by atoms with Gasteiger partial charge < -0.3 is 10.2 Å². The van der Waals surface area contributed by atoms with Gasteiger partial charge in [-0.15, -0.1) is 0 Å². The molecule has 0 unspecified atom stereocenters. The van der Waals surface area contributed by atoms with Crippen molar-refractivity contribution in [3.05, 3.63) is 77.5 Å². The Labute approximate surface area is 162 Å². The summed E-state index contributed by atoms with van der Waals surface area (Å²) >= 11 is 0. The number of para-hydroxylation sites is 1. The number of benzene rings is 2. The van der Waals surface area contributed by atoms with E-state index in [4.69, 9.17) is 0 Å². The van der Waals surface area contributed by atoms with Crippen molar-refractivity contribution in [1.29, 1.82) is 5.26 Å². The first-order valence-electron chi connectivity index (χ1n) is 8.95. The number of nitrogens with zero attached hydrogens (tertiary/aromatic N) is 3. The van der Waals surface area contributed by atoms with Gasteiger partial charge in [-0.05, 0) is 17.7 Å². The van der Waals surface area contributed by atoms with E-state index in [9.17, 15) is 18.8 Å². The van der Waals surface area contributed by atoms with Crippen LogP contribution >= 0.6 is 0 Å². The number of hydrogen-bond acceptors (Lipinski definition) is 4. The van der Waals surface area contributed by atoms with E-state index in [1.54, 1.807) is 4.90 Å². The minimum Gasteiger partial charge on any atom is -0.355 e. The Morgan fingerprint density at radius 3 is 2.29 bits per heavy atom. The molecule has 7 heteroatoms. The number of amides is 1. The molecule has 0 aliphatic carbocycles. The van der Waals surface area contributed by atoms with Crippen molar-refractivity contribution in [2.24, 2.45) is 0 Å². The lowest BCUT2D eigenvalue weighted by molar-refractivity contribution is -0.128. The summed E-state index contributed by atoms with van der Waals surface area (Å²) in [6.45, 7) is 3.15. The molecule has 3 rings (SSSR count). The lowest BCUT2D eigenvalue weighted by atomic mass is 10.2. The predicted molar refractivity (Wildman–Crippen MR) is 102 cm³/mol. The van der Waals surface area contributed by atoms with Gasteiger partial charge in [-0.3, -0.25) is 9.69 Å². The van der Waals surface area contributed by atoms with Gasteiger partial charge in [0, 0.05) is 38.9 Å². The van der Waals surface area contributed by atoms with Gasteiger partial charge >= 0.3 is 0 Å². The summed E-state index contributed by atoms with van der Waals surface area (Å²) < 4.78 is 27.3. The highest BCUT2D eigenvalue weighted by Gasteiger charge is 2.24. The maximum Gasteiger partial charge on any atom is 0.266 e. The van der Waals surface area contributed by atoms with Gasteiger partial charge in [0.2, 0.25) is 0 Å². The van der Waals surface area contributed by atoms with Crippen molar-refractivity contribution < 1.29 is 13.6 Å². The van der Waals surface area contributed by atoms with E-state index >= 15 is 0 Å². The third-order valence-electron chi connectivity index (χ3n) is 4.58. The van der Waals surface area contributed by atoms with E-state index < -0.39 is 23.2 Å². The molecule has 0 bridgehead atoms. The third-order valence-corrected chi connectivity index (χ3v) is 4.58. The summed E-state index contributed by atoms with van der Waals surface area (Å²) in [6.07, 6.45) is 1.06. The van der Waals surface area contributed by atoms with Gasteiger partial charge in [0.15, 0.2) is 0 Å². The first-order chi connectivity index (χ1) is 13.6. The molecule has 1 saturated heterocycles. The zero-order valence-electron chi connectivity index (χ0n) is 15.2. The topological polar surface area (TPSA) is 59.4 Å². The maximum absolute atomic E-state index is 13.7. The number of piperazine rings is 1. The second kappa shape index (κ2) is 9.11. The van der Waals surface area contributed by atoms with E-state index in [-0.39, 0.29) is 5.57 Å². The minimum atomic E-state index is -0.796. The Bertz CT molecular complexity index is 880. The number of hydrogen-bond donors (Lipinski definition) is 1. The van der Waals surface area contributed by atoms with Gasteiger partial charge in [0.05, 0.1) is 0 Å².